The van der Waals surface area contributed by atoms with Crippen molar-refractivity contribution in [2.24, 2.45) is 0 Å². The third-order valence-corrected chi connectivity index (χ3v) is 5.76. The van der Waals surface area contributed by atoms with Gasteiger partial charge in [0.05, 0.1) is 25.6 Å². The van der Waals surface area contributed by atoms with Crippen molar-refractivity contribution in [1.29, 1.82) is 0 Å². The molecule has 2 aromatic heterocycles. The summed E-state index contributed by atoms with van der Waals surface area (Å²) in [6.45, 7) is 0.549. The summed E-state index contributed by atoms with van der Waals surface area (Å²) in [7, 11) is 0. The highest BCUT2D eigenvalue weighted by atomic mass is 35.5. The molecule has 6 nitrogen and oxygen atoms in total. The molecule has 1 N–H and O–H groups in total. The van der Waals surface area contributed by atoms with Gasteiger partial charge in [0.15, 0.2) is 10.9 Å². The van der Waals surface area contributed by atoms with Crippen LogP contribution in [0.15, 0.2) is 82.6 Å². The molecule has 8 heteroatoms. The molecule has 30 heavy (non-hydrogen) atoms. The molecule has 0 aliphatic carbocycles. The van der Waals surface area contributed by atoms with Crippen LogP contribution in [0, 0.1) is 0 Å². The molecule has 0 aliphatic heterocycles. The SMILES string of the molecule is O[C@@H](COCc1ccccc1Cl)CSc1nnc(-c2ccco2)n1-c1ccccc1. The van der Waals surface area contributed by atoms with E-state index in [9.17, 15) is 5.11 Å². The van der Waals surface area contributed by atoms with Crippen molar-refractivity contribution in [2.45, 2.75) is 17.9 Å². The Bertz CT molecular complexity index is 1070. The summed E-state index contributed by atoms with van der Waals surface area (Å²) in [6.07, 6.45) is 0.942. The number of aromatic nitrogens is 3. The fourth-order valence-electron chi connectivity index (χ4n) is 2.88. The maximum absolute atomic E-state index is 10.4. The van der Waals surface area contributed by atoms with Gasteiger partial charge in [0.25, 0.3) is 0 Å². The summed E-state index contributed by atoms with van der Waals surface area (Å²) >= 11 is 7.54. The Morgan fingerprint density at radius 2 is 1.83 bits per heavy atom. The summed E-state index contributed by atoms with van der Waals surface area (Å²) in [5.74, 6) is 1.64. The fraction of sp³-hybridized carbons (Fsp3) is 0.182. The van der Waals surface area contributed by atoms with Crippen molar-refractivity contribution in [3.05, 3.63) is 83.6 Å². The molecule has 2 heterocycles. The second-order valence-electron chi connectivity index (χ2n) is 6.53. The number of nitrogens with zero attached hydrogens (tertiary/aromatic N) is 3. The molecule has 4 aromatic rings. The molecule has 0 spiro atoms. The maximum atomic E-state index is 10.4. The van der Waals surface area contributed by atoms with E-state index >= 15 is 0 Å². The summed E-state index contributed by atoms with van der Waals surface area (Å²) < 4.78 is 13.1. The van der Waals surface area contributed by atoms with Gasteiger partial charge in [0.1, 0.15) is 0 Å². The quantitative estimate of drug-likeness (QED) is 0.374. The maximum Gasteiger partial charge on any atom is 0.205 e. The lowest BCUT2D eigenvalue weighted by molar-refractivity contribution is 0.0398. The molecule has 0 radical (unpaired) electrons. The predicted octanol–water partition coefficient (Wildman–Crippen LogP) is 4.85. The number of furan rings is 1. The lowest BCUT2D eigenvalue weighted by atomic mass is 10.2. The van der Waals surface area contributed by atoms with Gasteiger partial charge in [-0.3, -0.25) is 4.57 Å². The van der Waals surface area contributed by atoms with Crippen LogP contribution in [0.3, 0.4) is 0 Å². The number of rotatable bonds is 9. The molecule has 0 fully saturated rings. The first-order valence-electron chi connectivity index (χ1n) is 9.39. The fourth-order valence-corrected chi connectivity index (χ4v) is 3.93. The molecule has 1 atom stereocenters. The highest BCUT2D eigenvalue weighted by Gasteiger charge is 2.19. The Morgan fingerprint density at radius 1 is 1.03 bits per heavy atom. The number of aliphatic hydroxyl groups is 1. The standard InChI is InChI=1S/C22H20ClN3O3S/c23-19-10-5-4-7-16(19)13-28-14-18(27)15-30-22-25-24-21(20-11-6-12-29-20)26(22)17-8-2-1-3-9-17/h1-12,18,27H,13-15H2/t18-/m0/s1. The Hall–Kier alpha value is -2.58. The molecule has 2 aromatic carbocycles. The van der Waals surface area contributed by atoms with Crippen molar-refractivity contribution in [1.82, 2.24) is 14.8 Å². The molecular formula is C22H20ClN3O3S. The number of halogens is 1. The molecule has 154 valence electrons. The van der Waals surface area contributed by atoms with Crippen LogP contribution in [0.25, 0.3) is 17.3 Å². The smallest absolute Gasteiger partial charge is 0.205 e. The zero-order valence-corrected chi connectivity index (χ0v) is 17.6. The van der Waals surface area contributed by atoms with Gasteiger partial charge in [0.2, 0.25) is 5.82 Å². The van der Waals surface area contributed by atoms with Gasteiger partial charge in [-0.05, 0) is 35.9 Å². The Kier molecular flexibility index (Phi) is 6.86. The topological polar surface area (TPSA) is 73.3 Å². The average molecular weight is 442 g/mol. The minimum atomic E-state index is -0.662. The molecule has 0 unspecified atom stereocenters. The van der Waals surface area contributed by atoms with E-state index in [4.69, 9.17) is 20.8 Å². The van der Waals surface area contributed by atoms with Crippen LogP contribution < -0.4 is 0 Å². The van der Waals surface area contributed by atoms with Crippen LogP contribution in [-0.4, -0.2) is 38.3 Å². The normalized spacial score (nSPS) is 12.2. The van der Waals surface area contributed by atoms with Crippen molar-refractivity contribution < 1.29 is 14.3 Å². The van der Waals surface area contributed by atoms with E-state index in [1.54, 1.807) is 6.26 Å². The van der Waals surface area contributed by atoms with E-state index in [-0.39, 0.29) is 6.61 Å². The largest absolute Gasteiger partial charge is 0.461 e. The van der Waals surface area contributed by atoms with Gasteiger partial charge in [-0.25, -0.2) is 0 Å². The Balaban J connectivity index is 1.41. The number of hydrogen-bond donors (Lipinski definition) is 1. The lowest BCUT2D eigenvalue weighted by Crippen LogP contribution is -2.18. The van der Waals surface area contributed by atoms with E-state index in [2.05, 4.69) is 10.2 Å². The second-order valence-corrected chi connectivity index (χ2v) is 7.92. The van der Waals surface area contributed by atoms with E-state index in [1.165, 1.54) is 11.8 Å². The van der Waals surface area contributed by atoms with Crippen molar-refractivity contribution in [2.75, 3.05) is 12.4 Å². The Morgan fingerprint density at radius 3 is 2.60 bits per heavy atom. The first-order chi connectivity index (χ1) is 14.7. The predicted molar refractivity (Wildman–Crippen MR) is 117 cm³/mol. The summed E-state index contributed by atoms with van der Waals surface area (Å²) in [4.78, 5) is 0. The summed E-state index contributed by atoms with van der Waals surface area (Å²) in [5, 5.41) is 20.3. The van der Waals surface area contributed by atoms with Crippen LogP contribution in [0.2, 0.25) is 5.02 Å². The minimum Gasteiger partial charge on any atom is -0.461 e. The van der Waals surface area contributed by atoms with E-state index in [1.807, 2.05) is 71.3 Å². The van der Waals surface area contributed by atoms with Gasteiger partial charge in [0, 0.05) is 16.5 Å². The van der Waals surface area contributed by atoms with Crippen LogP contribution in [0.4, 0.5) is 0 Å². The average Bonchev–Trinajstić information content (AvgIpc) is 3.44. The van der Waals surface area contributed by atoms with Gasteiger partial charge >= 0.3 is 0 Å². The van der Waals surface area contributed by atoms with Crippen molar-refractivity contribution >= 4 is 23.4 Å². The first-order valence-corrected chi connectivity index (χ1v) is 10.8. The van der Waals surface area contributed by atoms with E-state index in [0.29, 0.717) is 34.1 Å². The van der Waals surface area contributed by atoms with Crippen LogP contribution in [0.5, 0.6) is 0 Å². The molecule has 0 saturated heterocycles. The Labute approximate surface area is 183 Å². The van der Waals surface area contributed by atoms with Gasteiger partial charge in [-0.15, -0.1) is 10.2 Å². The summed E-state index contributed by atoms with van der Waals surface area (Å²) in [6, 6.07) is 21.0. The minimum absolute atomic E-state index is 0.197. The molecule has 4 rings (SSSR count). The van der Waals surface area contributed by atoms with Crippen molar-refractivity contribution in [3.63, 3.8) is 0 Å². The van der Waals surface area contributed by atoms with Crippen LogP contribution in [0.1, 0.15) is 5.56 Å². The van der Waals surface area contributed by atoms with E-state index < -0.39 is 6.10 Å². The van der Waals surface area contributed by atoms with Gasteiger partial charge in [-0.1, -0.05) is 59.8 Å². The van der Waals surface area contributed by atoms with E-state index in [0.717, 1.165) is 11.3 Å². The molecule has 0 bridgehead atoms. The van der Waals surface area contributed by atoms with Gasteiger partial charge in [-0.2, -0.15) is 0 Å². The lowest BCUT2D eigenvalue weighted by Gasteiger charge is -2.13. The van der Waals surface area contributed by atoms with Crippen LogP contribution in [-0.2, 0) is 11.3 Å². The zero-order chi connectivity index (χ0) is 20.8. The number of thioether (sulfide) groups is 1. The number of hydrogen-bond acceptors (Lipinski definition) is 6. The third kappa shape index (κ3) is 4.94. The number of benzene rings is 2. The zero-order valence-electron chi connectivity index (χ0n) is 16.0. The number of aliphatic hydroxyl groups excluding tert-OH is 1. The first kappa shape index (κ1) is 20.7. The number of ether oxygens (including phenoxy) is 1. The highest BCUT2D eigenvalue weighted by molar-refractivity contribution is 7.99. The van der Waals surface area contributed by atoms with Gasteiger partial charge < -0.3 is 14.3 Å². The second kappa shape index (κ2) is 9.95. The molecule has 0 amide bonds. The molecule has 0 saturated carbocycles. The van der Waals surface area contributed by atoms with Crippen molar-refractivity contribution in [3.8, 4) is 17.3 Å². The molecule has 0 aliphatic rings. The molecular weight excluding hydrogens is 422 g/mol. The van der Waals surface area contributed by atoms with Crippen LogP contribution >= 0.6 is 23.4 Å². The highest BCUT2D eigenvalue weighted by Crippen LogP contribution is 2.28. The third-order valence-electron chi connectivity index (χ3n) is 4.32. The monoisotopic (exact) mass is 441 g/mol. The summed E-state index contributed by atoms with van der Waals surface area (Å²) in [5.41, 5.74) is 1.81. The number of para-hydroxylation sites is 1.